The van der Waals surface area contributed by atoms with Gasteiger partial charge in [0, 0.05) is 12.1 Å². The summed E-state index contributed by atoms with van der Waals surface area (Å²) in [6.45, 7) is 0.00418. The van der Waals surface area contributed by atoms with Gasteiger partial charge in [-0.1, -0.05) is 0 Å². The van der Waals surface area contributed by atoms with Gasteiger partial charge in [-0.05, 0) is 0 Å². The highest BCUT2D eigenvalue weighted by Crippen LogP contribution is 2.39. The van der Waals surface area contributed by atoms with Gasteiger partial charge in [0.25, 0.3) is 0 Å². The van der Waals surface area contributed by atoms with E-state index in [1.807, 2.05) is 0 Å². The second-order valence-corrected chi connectivity index (χ2v) is 4.21. The van der Waals surface area contributed by atoms with E-state index in [2.05, 4.69) is 15.3 Å². The van der Waals surface area contributed by atoms with Crippen LogP contribution in [0.3, 0.4) is 0 Å². The van der Waals surface area contributed by atoms with Crippen LogP contribution in [0.1, 0.15) is 11.5 Å². The molecule has 3 heterocycles. The Hall–Kier alpha value is -2.77. The van der Waals surface area contributed by atoms with Gasteiger partial charge in [0.15, 0.2) is 12.2 Å². The number of carboxylic acid groups (broad SMARTS) is 1. The molecular weight excluding hydrogens is 269 g/mol. The predicted octanol–water partition coefficient (Wildman–Crippen LogP) is 1.04. The number of halogens is 1. The second kappa shape index (κ2) is 4.41. The standard InChI is InChI=1S/C12H8FN3O4/c13-6-2-16-9(7-3-14-4-20-7)10-8(6)5(1-15-10)11(17)12(18)19/h2-5,15H,1H2,(H,18,19). The van der Waals surface area contributed by atoms with E-state index in [0.717, 1.165) is 6.20 Å². The molecule has 2 N–H and O–H groups in total. The molecule has 0 aromatic carbocycles. The minimum absolute atomic E-state index is 0.00111. The van der Waals surface area contributed by atoms with Gasteiger partial charge in [-0.2, -0.15) is 0 Å². The SMILES string of the molecule is O=C(O)C(=O)C1CNc2c(-c3cnco3)ncc(F)c21. The summed E-state index contributed by atoms with van der Waals surface area (Å²) in [7, 11) is 0. The molecule has 1 aliphatic heterocycles. The van der Waals surface area contributed by atoms with Crippen LogP contribution < -0.4 is 5.32 Å². The van der Waals surface area contributed by atoms with Crippen LogP contribution in [0.5, 0.6) is 0 Å². The average Bonchev–Trinajstić information content (AvgIpc) is 3.07. The number of nitrogens with one attached hydrogen (secondary N) is 1. The third-order valence-electron chi connectivity index (χ3n) is 3.09. The van der Waals surface area contributed by atoms with Crippen LogP contribution >= 0.6 is 0 Å². The number of ketones is 1. The predicted molar refractivity (Wildman–Crippen MR) is 63.6 cm³/mol. The number of carbonyl (C=O) groups is 2. The van der Waals surface area contributed by atoms with E-state index in [1.54, 1.807) is 0 Å². The first-order valence-electron chi connectivity index (χ1n) is 5.68. The lowest BCUT2D eigenvalue weighted by molar-refractivity contribution is -0.149. The normalized spacial score (nSPS) is 16.6. The molecule has 20 heavy (non-hydrogen) atoms. The minimum Gasteiger partial charge on any atom is -0.475 e. The zero-order valence-corrected chi connectivity index (χ0v) is 9.96. The van der Waals surface area contributed by atoms with Gasteiger partial charge < -0.3 is 14.8 Å². The number of hydrogen-bond acceptors (Lipinski definition) is 6. The zero-order chi connectivity index (χ0) is 14.3. The smallest absolute Gasteiger partial charge is 0.372 e. The Kier molecular flexibility index (Phi) is 2.70. The highest BCUT2D eigenvalue weighted by atomic mass is 19.1. The molecule has 1 aliphatic rings. The van der Waals surface area contributed by atoms with Crippen LogP contribution in [0, 0.1) is 5.82 Å². The van der Waals surface area contributed by atoms with Crippen molar-refractivity contribution in [1.29, 1.82) is 0 Å². The highest BCUT2D eigenvalue weighted by molar-refractivity contribution is 6.35. The molecule has 102 valence electrons. The number of hydrogen-bond donors (Lipinski definition) is 2. The Bertz CT molecular complexity index is 699. The van der Waals surface area contributed by atoms with E-state index in [1.165, 1.54) is 12.6 Å². The van der Waals surface area contributed by atoms with E-state index in [9.17, 15) is 14.0 Å². The monoisotopic (exact) mass is 277 g/mol. The Balaban J connectivity index is 2.14. The zero-order valence-electron chi connectivity index (χ0n) is 9.96. The first-order chi connectivity index (χ1) is 9.59. The number of aliphatic carboxylic acids is 1. The number of carboxylic acids is 1. The van der Waals surface area contributed by atoms with Gasteiger partial charge in [-0.3, -0.25) is 4.79 Å². The molecule has 0 saturated heterocycles. The van der Waals surface area contributed by atoms with Crippen molar-refractivity contribution in [2.75, 3.05) is 11.9 Å². The molecule has 0 fully saturated rings. The number of carbonyl (C=O) groups excluding carboxylic acids is 1. The molecule has 2 aromatic rings. The van der Waals surface area contributed by atoms with Crippen molar-refractivity contribution in [3.05, 3.63) is 30.2 Å². The largest absolute Gasteiger partial charge is 0.475 e. The molecule has 2 aromatic heterocycles. The van der Waals surface area contributed by atoms with E-state index in [-0.39, 0.29) is 17.8 Å². The fourth-order valence-electron chi connectivity index (χ4n) is 2.22. The minimum atomic E-state index is -1.60. The molecule has 0 aliphatic carbocycles. The Labute approximate surface area is 111 Å². The Morgan fingerprint density at radius 2 is 2.25 bits per heavy atom. The third kappa shape index (κ3) is 1.73. The van der Waals surface area contributed by atoms with Gasteiger partial charge >= 0.3 is 5.97 Å². The molecule has 0 radical (unpaired) electrons. The summed E-state index contributed by atoms with van der Waals surface area (Å²) in [4.78, 5) is 30.0. The lowest BCUT2D eigenvalue weighted by Crippen LogP contribution is -2.23. The van der Waals surface area contributed by atoms with Crippen LogP contribution in [-0.4, -0.2) is 33.4 Å². The number of Topliss-reactive ketones (excluding diaryl/α,β-unsaturated/α-hetero) is 1. The van der Waals surface area contributed by atoms with Crippen molar-refractivity contribution in [2.45, 2.75) is 5.92 Å². The number of rotatable bonds is 3. The van der Waals surface area contributed by atoms with Crippen molar-refractivity contribution in [3.63, 3.8) is 0 Å². The molecule has 1 unspecified atom stereocenters. The van der Waals surface area contributed by atoms with E-state index < -0.39 is 23.5 Å². The van der Waals surface area contributed by atoms with Crippen molar-refractivity contribution < 1.29 is 23.5 Å². The summed E-state index contributed by atoms with van der Waals surface area (Å²) in [6, 6.07) is 0. The molecule has 3 rings (SSSR count). The topological polar surface area (TPSA) is 105 Å². The maximum absolute atomic E-state index is 13.9. The van der Waals surface area contributed by atoms with E-state index >= 15 is 0 Å². The van der Waals surface area contributed by atoms with E-state index in [4.69, 9.17) is 9.52 Å². The molecule has 0 saturated carbocycles. The van der Waals surface area contributed by atoms with Gasteiger partial charge in [0.05, 0.1) is 24.0 Å². The summed E-state index contributed by atoms with van der Waals surface area (Å²) >= 11 is 0. The van der Waals surface area contributed by atoms with Gasteiger partial charge in [0.2, 0.25) is 5.78 Å². The highest BCUT2D eigenvalue weighted by Gasteiger charge is 2.37. The van der Waals surface area contributed by atoms with Crippen molar-refractivity contribution >= 4 is 17.4 Å². The molecule has 0 spiro atoms. The van der Waals surface area contributed by atoms with Crippen molar-refractivity contribution in [1.82, 2.24) is 9.97 Å². The van der Waals surface area contributed by atoms with Crippen LogP contribution in [0.25, 0.3) is 11.5 Å². The maximum atomic E-state index is 13.9. The molecule has 1 atom stereocenters. The first kappa shape index (κ1) is 12.3. The second-order valence-electron chi connectivity index (χ2n) is 4.21. The van der Waals surface area contributed by atoms with Gasteiger partial charge in [0.1, 0.15) is 11.5 Å². The third-order valence-corrected chi connectivity index (χ3v) is 3.09. The van der Waals surface area contributed by atoms with Gasteiger partial charge in [-0.15, -0.1) is 0 Å². The quantitative estimate of drug-likeness (QED) is 0.807. The molecule has 7 nitrogen and oxygen atoms in total. The summed E-state index contributed by atoms with van der Waals surface area (Å²) in [5.74, 6) is -4.16. The Morgan fingerprint density at radius 1 is 1.45 bits per heavy atom. The first-order valence-corrected chi connectivity index (χ1v) is 5.68. The summed E-state index contributed by atoms with van der Waals surface area (Å²) in [5, 5.41) is 11.6. The number of nitrogens with zero attached hydrogens (tertiary/aromatic N) is 2. The van der Waals surface area contributed by atoms with Crippen LogP contribution in [0.4, 0.5) is 10.1 Å². The van der Waals surface area contributed by atoms with Crippen LogP contribution in [0.2, 0.25) is 0 Å². The van der Waals surface area contributed by atoms with Crippen LogP contribution in [0.15, 0.2) is 23.2 Å². The van der Waals surface area contributed by atoms with Crippen molar-refractivity contribution in [3.8, 4) is 11.5 Å². The van der Waals surface area contributed by atoms with Gasteiger partial charge in [-0.25, -0.2) is 19.2 Å². The van der Waals surface area contributed by atoms with E-state index in [0.29, 0.717) is 11.5 Å². The number of aromatic nitrogens is 2. The molecule has 8 heteroatoms. The summed E-state index contributed by atoms with van der Waals surface area (Å²) < 4.78 is 19.0. The van der Waals surface area contributed by atoms with Crippen LogP contribution in [-0.2, 0) is 9.59 Å². The molecule has 0 bridgehead atoms. The Morgan fingerprint density at radius 3 is 2.90 bits per heavy atom. The van der Waals surface area contributed by atoms with Crippen molar-refractivity contribution in [2.24, 2.45) is 0 Å². The number of oxazole rings is 1. The summed E-state index contributed by atoms with van der Waals surface area (Å²) in [6.07, 6.45) is 3.53. The fraction of sp³-hybridized carbons (Fsp3) is 0.167. The number of pyridine rings is 1. The fourth-order valence-corrected chi connectivity index (χ4v) is 2.22. The lowest BCUT2D eigenvalue weighted by Gasteiger charge is -2.08. The maximum Gasteiger partial charge on any atom is 0.372 e. The average molecular weight is 277 g/mol. The number of fused-ring (bicyclic) bond motifs is 1. The molecular formula is C12H8FN3O4. The molecule has 0 amide bonds. The number of anilines is 1. The lowest BCUT2D eigenvalue weighted by atomic mass is 9.96. The summed E-state index contributed by atoms with van der Waals surface area (Å²) in [5.41, 5.74) is 0.555.